The average molecular weight is 182 g/mol. The third-order valence-corrected chi connectivity index (χ3v) is 2.88. The van der Waals surface area contributed by atoms with E-state index >= 15 is 0 Å². The number of aromatic nitrogens is 1. The molecule has 1 aromatic heterocycles. The van der Waals surface area contributed by atoms with Gasteiger partial charge in [-0.05, 0) is 24.9 Å². The van der Waals surface area contributed by atoms with Gasteiger partial charge in [-0.25, -0.2) is 4.98 Å². The van der Waals surface area contributed by atoms with Crippen molar-refractivity contribution in [3.63, 3.8) is 0 Å². The lowest BCUT2D eigenvalue weighted by Crippen LogP contribution is -2.20. The van der Waals surface area contributed by atoms with E-state index in [1.807, 2.05) is 19.1 Å². The van der Waals surface area contributed by atoms with Crippen molar-refractivity contribution in [3.05, 3.63) is 23.9 Å². The fourth-order valence-corrected chi connectivity index (χ4v) is 1.95. The van der Waals surface area contributed by atoms with E-state index < -0.39 is 6.10 Å². The minimum absolute atomic E-state index is 0.182. The van der Waals surface area contributed by atoms with Gasteiger partial charge in [0.2, 0.25) is 0 Å². The van der Waals surface area contributed by atoms with Gasteiger partial charge in [-0.3, -0.25) is 0 Å². The highest BCUT2D eigenvalue weighted by Gasteiger charge is 2.25. The quantitative estimate of drug-likeness (QED) is 0.598. The van der Waals surface area contributed by atoms with E-state index in [2.05, 4.69) is 9.71 Å². The van der Waals surface area contributed by atoms with Crippen molar-refractivity contribution >= 4 is 17.8 Å². The maximum absolute atomic E-state index is 9.73. The van der Waals surface area contributed by atoms with Gasteiger partial charge in [0.15, 0.2) is 0 Å². The summed E-state index contributed by atoms with van der Waals surface area (Å²) in [5.41, 5.74) is 0.892. The number of hydrogen-bond donors (Lipinski definition) is 2. The Bertz CT molecular complexity index is 292. The number of pyridine rings is 1. The van der Waals surface area contributed by atoms with Gasteiger partial charge in [0.05, 0.1) is 11.4 Å². The molecule has 2 rings (SSSR count). The summed E-state index contributed by atoms with van der Waals surface area (Å²) in [6, 6.07) is 3.74. The molecule has 0 fully saturated rings. The van der Waals surface area contributed by atoms with Crippen LogP contribution in [0.25, 0.3) is 0 Å². The molecule has 0 aliphatic carbocycles. The topological polar surface area (TPSA) is 45.2 Å². The molecule has 0 saturated heterocycles. The molecule has 64 valence electrons. The van der Waals surface area contributed by atoms with Gasteiger partial charge >= 0.3 is 0 Å². The maximum Gasteiger partial charge on any atom is 0.141 e. The van der Waals surface area contributed by atoms with Crippen molar-refractivity contribution in [2.45, 2.75) is 18.3 Å². The Morgan fingerprint density at radius 1 is 1.67 bits per heavy atom. The zero-order chi connectivity index (χ0) is 8.55. The number of anilines is 1. The number of hydrogen-bond acceptors (Lipinski definition) is 4. The highest BCUT2D eigenvalue weighted by atomic mass is 32.2. The Balaban J connectivity index is 2.42. The highest BCUT2D eigenvalue weighted by molar-refractivity contribution is 8.01. The first-order chi connectivity index (χ1) is 5.79. The maximum atomic E-state index is 9.73. The van der Waals surface area contributed by atoms with E-state index in [0.29, 0.717) is 0 Å². The van der Waals surface area contributed by atoms with Crippen molar-refractivity contribution in [2.75, 3.05) is 4.72 Å². The first-order valence-corrected chi connectivity index (χ1v) is 4.71. The lowest BCUT2D eigenvalue weighted by atomic mass is 10.1. The largest absolute Gasteiger partial charge is 0.387 e. The van der Waals surface area contributed by atoms with Crippen LogP contribution >= 0.6 is 11.9 Å². The van der Waals surface area contributed by atoms with E-state index in [4.69, 9.17) is 0 Å². The Kier molecular flexibility index (Phi) is 1.94. The van der Waals surface area contributed by atoms with Crippen LogP contribution in [0.3, 0.4) is 0 Å². The lowest BCUT2D eigenvalue weighted by molar-refractivity contribution is 0.179. The number of fused-ring (bicyclic) bond motifs is 1. The molecule has 2 atom stereocenters. The van der Waals surface area contributed by atoms with Gasteiger partial charge in [0, 0.05) is 11.8 Å². The fourth-order valence-electron chi connectivity index (χ4n) is 1.21. The Morgan fingerprint density at radius 3 is 3.33 bits per heavy atom. The first-order valence-electron chi connectivity index (χ1n) is 3.83. The fraction of sp³-hybridized carbons (Fsp3) is 0.375. The molecule has 1 aliphatic heterocycles. The lowest BCUT2D eigenvalue weighted by Gasteiger charge is -2.26. The molecule has 0 amide bonds. The van der Waals surface area contributed by atoms with E-state index in [1.165, 1.54) is 11.9 Å². The third kappa shape index (κ3) is 1.17. The zero-order valence-electron chi connectivity index (χ0n) is 6.69. The van der Waals surface area contributed by atoms with Gasteiger partial charge in [0.1, 0.15) is 5.82 Å². The number of aliphatic hydroxyl groups excluding tert-OH is 1. The molecule has 0 radical (unpaired) electrons. The molecule has 2 heterocycles. The van der Waals surface area contributed by atoms with E-state index in [1.54, 1.807) is 6.20 Å². The molecule has 1 aliphatic rings. The van der Waals surface area contributed by atoms with Crippen LogP contribution in [-0.4, -0.2) is 15.3 Å². The van der Waals surface area contributed by atoms with Crippen molar-refractivity contribution in [1.82, 2.24) is 4.98 Å². The molecule has 0 spiro atoms. The molecule has 0 saturated carbocycles. The van der Waals surface area contributed by atoms with Crippen LogP contribution in [0.2, 0.25) is 0 Å². The minimum Gasteiger partial charge on any atom is -0.387 e. The van der Waals surface area contributed by atoms with Crippen molar-refractivity contribution < 1.29 is 5.11 Å². The van der Waals surface area contributed by atoms with Crippen molar-refractivity contribution in [2.24, 2.45) is 0 Å². The van der Waals surface area contributed by atoms with E-state index in [9.17, 15) is 5.11 Å². The molecule has 2 unspecified atom stereocenters. The predicted octanol–water partition coefficient (Wildman–Crippen LogP) is 1.58. The molecule has 3 nitrogen and oxygen atoms in total. The summed E-state index contributed by atoms with van der Waals surface area (Å²) in [7, 11) is 0. The molecule has 0 aromatic carbocycles. The molecular formula is C8H10N2OS. The molecule has 0 bridgehead atoms. The molecule has 2 N–H and O–H groups in total. The Morgan fingerprint density at radius 2 is 2.50 bits per heavy atom. The van der Waals surface area contributed by atoms with Crippen LogP contribution < -0.4 is 4.72 Å². The summed E-state index contributed by atoms with van der Waals surface area (Å²) in [6.07, 6.45) is 1.31. The smallest absolute Gasteiger partial charge is 0.141 e. The Labute approximate surface area is 75.3 Å². The van der Waals surface area contributed by atoms with Crippen LogP contribution in [0.15, 0.2) is 18.3 Å². The monoisotopic (exact) mass is 182 g/mol. The van der Waals surface area contributed by atoms with Gasteiger partial charge in [0.25, 0.3) is 0 Å². The van der Waals surface area contributed by atoms with Crippen LogP contribution in [0.5, 0.6) is 0 Å². The highest BCUT2D eigenvalue weighted by Crippen LogP contribution is 2.35. The molecule has 12 heavy (non-hydrogen) atoms. The molecular weight excluding hydrogens is 172 g/mol. The summed E-state index contributed by atoms with van der Waals surface area (Å²) in [5, 5.41) is 9.91. The molecule has 1 aromatic rings. The second-order valence-electron chi connectivity index (χ2n) is 2.81. The SMILES string of the molecule is CC1SNc2ncccc2C1O. The third-order valence-electron chi connectivity index (χ3n) is 1.94. The van der Waals surface area contributed by atoms with E-state index in [-0.39, 0.29) is 5.25 Å². The zero-order valence-corrected chi connectivity index (χ0v) is 7.51. The second-order valence-corrected chi connectivity index (χ2v) is 3.99. The summed E-state index contributed by atoms with van der Waals surface area (Å²) in [5.74, 6) is 0.785. The summed E-state index contributed by atoms with van der Waals surface area (Å²) in [6.45, 7) is 1.98. The van der Waals surface area contributed by atoms with Crippen LogP contribution in [0.4, 0.5) is 5.82 Å². The number of nitrogens with zero attached hydrogens (tertiary/aromatic N) is 1. The van der Waals surface area contributed by atoms with Gasteiger partial charge < -0.3 is 9.83 Å². The molecule has 4 heteroatoms. The first kappa shape index (κ1) is 7.89. The number of rotatable bonds is 0. The van der Waals surface area contributed by atoms with Crippen molar-refractivity contribution in [3.8, 4) is 0 Å². The summed E-state index contributed by atoms with van der Waals surface area (Å²) >= 11 is 1.51. The standard InChI is InChI=1S/C8H10N2OS/c1-5-7(11)6-3-2-4-9-8(6)10-12-5/h2-5,7,11H,1H3,(H,9,10). The minimum atomic E-state index is -0.403. The second kappa shape index (κ2) is 2.95. The van der Waals surface area contributed by atoms with Gasteiger partial charge in [-0.1, -0.05) is 6.07 Å². The summed E-state index contributed by atoms with van der Waals surface area (Å²) in [4.78, 5) is 4.11. The number of nitrogens with one attached hydrogen (secondary N) is 1. The van der Waals surface area contributed by atoms with Crippen LogP contribution in [0.1, 0.15) is 18.6 Å². The normalized spacial score (nSPS) is 27.5. The van der Waals surface area contributed by atoms with Crippen molar-refractivity contribution in [1.29, 1.82) is 0 Å². The van der Waals surface area contributed by atoms with Gasteiger partial charge in [-0.2, -0.15) is 0 Å². The summed E-state index contributed by atoms with van der Waals surface area (Å²) < 4.78 is 3.09. The Hall–Kier alpha value is -0.740. The van der Waals surface area contributed by atoms with E-state index in [0.717, 1.165) is 11.4 Å². The number of aliphatic hydroxyl groups is 1. The average Bonchev–Trinajstić information content (AvgIpc) is 2.12. The van der Waals surface area contributed by atoms with Crippen LogP contribution in [-0.2, 0) is 0 Å². The predicted molar refractivity (Wildman–Crippen MR) is 49.9 cm³/mol. The van der Waals surface area contributed by atoms with Gasteiger partial charge in [-0.15, -0.1) is 0 Å². The van der Waals surface area contributed by atoms with Crippen LogP contribution in [0, 0.1) is 0 Å².